The monoisotopic (exact) mass is 198 g/mol. The molecule has 2 heterocycles. The zero-order chi connectivity index (χ0) is 10.3. The molecule has 0 aromatic rings. The fraction of sp³-hybridized carbons (Fsp3) is 1.00. The predicted molar refractivity (Wildman–Crippen MR) is 56.0 cm³/mol. The van der Waals surface area contributed by atoms with Gasteiger partial charge in [-0.25, -0.2) is 0 Å². The second-order valence-electron chi connectivity index (χ2n) is 5.37. The molecule has 0 saturated carbocycles. The number of ether oxygens (including phenoxy) is 1. The van der Waals surface area contributed by atoms with E-state index in [1.54, 1.807) is 0 Å². The van der Waals surface area contributed by atoms with Crippen LogP contribution in [0.1, 0.15) is 40.0 Å². The Balaban J connectivity index is 1.95. The molecule has 2 rings (SSSR count). The van der Waals surface area contributed by atoms with Crippen molar-refractivity contribution in [2.45, 2.75) is 58.3 Å². The van der Waals surface area contributed by atoms with Crippen LogP contribution in [-0.2, 0) is 4.74 Å². The van der Waals surface area contributed by atoms with E-state index < -0.39 is 0 Å². The van der Waals surface area contributed by atoms with Crippen LogP contribution in [0, 0.1) is 17.8 Å². The van der Waals surface area contributed by atoms with Crippen molar-refractivity contribution < 1.29 is 9.84 Å². The summed E-state index contributed by atoms with van der Waals surface area (Å²) < 4.78 is 5.82. The van der Waals surface area contributed by atoms with E-state index in [1.807, 2.05) is 0 Å². The van der Waals surface area contributed by atoms with Gasteiger partial charge in [0, 0.05) is 0 Å². The summed E-state index contributed by atoms with van der Waals surface area (Å²) in [5.41, 5.74) is 0. The van der Waals surface area contributed by atoms with Gasteiger partial charge in [-0.3, -0.25) is 0 Å². The lowest BCUT2D eigenvalue weighted by molar-refractivity contribution is 0.0174. The van der Waals surface area contributed by atoms with Crippen molar-refractivity contribution in [3.05, 3.63) is 0 Å². The first-order valence-electron chi connectivity index (χ1n) is 5.93. The van der Waals surface area contributed by atoms with E-state index in [9.17, 15) is 5.11 Å². The molecule has 2 fully saturated rings. The maximum absolute atomic E-state index is 10.0. The molecule has 0 aromatic heterocycles. The molecule has 2 aliphatic rings. The maximum atomic E-state index is 10.0. The third-order valence-electron chi connectivity index (χ3n) is 4.05. The van der Waals surface area contributed by atoms with Gasteiger partial charge in [-0.15, -0.1) is 0 Å². The fourth-order valence-electron chi connectivity index (χ4n) is 3.09. The molecule has 0 amide bonds. The highest BCUT2D eigenvalue weighted by Crippen LogP contribution is 2.43. The average Bonchev–Trinajstić information content (AvgIpc) is 2.76. The zero-order valence-corrected chi connectivity index (χ0v) is 9.44. The van der Waals surface area contributed by atoms with Gasteiger partial charge >= 0.3 is 0 Å². The number of aliphatic hydroxyl groups excluding tert-OH is 1. The molecular weight excluding hydrogens is 176 g/mol. The molecule has 2 heteroatoms. The van der Waals surface area contributed by atoms with Crippen molar-refractivity contribution in [1.29, 1.82) is 0 Å². The molecule has 0 radical (unpaired) electrons. The lowest BCUT2D eigenvalue weighted by atomic mass is 9.76. The summed E-state index contributed by atoms with van der Waals surface area (Å²) >= 11 is 0. The van der Waals surface area contributed by atoms with Gasteiger partial charge in [0.05, 0.1) is 18.3 Å². The van der Waals surface area contributed by atoms with E-state index in [1.165, 1.54) is 19.3 Å². The maximum Gasteiger partial charge on any atom is 0.0612 e. The highest BCUT2D eigenvalue weighted by Gasteiger charge is 2.44. The van der Waals surface area contributed by atoms with Crippen LogP contribution >= 0.6 is 0 Å². The van der Waals surface area contributed by atoms with E-state index in [0.29, 0.717) is 30.0 Å². The third-order valence-corrected chi connectivity index (χ3v) is 4.05. The van der Waals surface area contributed by atoms with Crippen LogP contribution < -0.4 is 0 Å². The van der Waals surface area contributed by atoms with Gasteiger partial charge in [0.15, 0.2) is 0 Å². The van der Waals surface area contributed by atoms with Gasteiger partial charge in [0.1, 0.15) is 0 Å². The summed E-state index contributed by atoms with van der Waals surface area (Å²) in [6.07, 6.45) is 4.42. The Kier molecular flexibility index (Phi) is 2.85. The SMILES string of the molecule is CC(C)C(O)C(C)C1CC2CCC1O2. The molecule has 0 spiro atoms. The summed E-state index contributed by atoms with van der Waals surface area (Å²) in [6, 6.07) is 0. The lowest BCUT2D eigenvalue weighted by Gasteiger charge is -2.31. The Morgan fingerprint density at radius 1 is 1.21 bits per heavy atom. The van der Waals surface area contributed by atoms with Gasteiger partial charge in [-0.1, -0.05) is 20.8 Å². The zero-order valence-electron chi connectivity index (χ0n) is 9.44. The highest BCUT2D eigenvalue weighted by molar-refractivity contribution is 4.93. The average molecular weight is 198 g/mol. The van der Waals surface area contributed by atoms with Crippen LogP contribution in [0.5, 0.6) is 0 Å². The Hall–Kier alpha value is -0.0800. The minimum atomic E-state index is -0.164. The molecule has 1 N–H and O–H groups in total. The van der Waals surface area contributed by atoms with Gasteiger partial charge in [0.25, 0.3) is 0 Å². The molecule has 82 valence electrons. The molecule has 5 unspecified atom stereocenters. The van der Waals surface area contributed by atoms with Gasteiger partial charge in [0.2, 0.25) is 0 Å². The first-order valence-corrected chi connectivity index (χ1v) is 5.93. The smallest absolute Gasteiger partial charge is 0.0612 e. The van der Waals surface area contributed by atoms with E-state index in [-0.39, 0.29) is 6.10 Å². The molecular formula is C12H22O2. The molecule has 5 atom stereocenters. The fourth-order valence-corrected chi connectivity index (χ4v) is 3.09. The number of aliphatic hydroxyl groups is 1. The molecule has 2 nitrogen and oxygen atoms in total. The second kappa shape index (κ2) is 3.82. The van der Waals surface area contributed by atoms with Crippen LogP contribution in [0.15, 0.2) is 0 Å². The van der Waals surface area contributed by atoms with Crippen molar-refractivity contribution in [3.63, 3.8) is 0 Å². The first kappa shape index (κ1) is 10.4. The second-order valence-corrected chi connectivity index (χ2v) is 5.37. The van der Waals surface area contributed by atoms with Crippen LogP contribution in [0.4, 0.5) is 0 Å². The van der Waals surface area contributed by atoms with Crippen molar-refractivity contribution in [2.24, 2.45) is 17.8 Å². The molecule has 2 bridgehead atoms. The molecule has 2 saturated heterocycles. The van der Waals surface area contributed by atoms with Crippen molar-refractivity contribution in [3.8, 4) is 0 Å². The first-order chi connectivity index (χ1) is 6.59. The molecule has 14 heavy (non-hydrogen) atoms. The summed E-state index contributed by atoms with van der Waals surface area (Å²) in [4.78, 5) is 0. The van der Waals surface area contributed by atoms with Crippen molar-refractivity contribution in [2.75, 3.05) is 0 Å². The number of fused-ring (bicyclic) bond motifs is 2. The summed E-state index contributed by atoms with van der Waals surface area (Å²) in [6.45, 7) is 6.36. The number of hydrogen-bond donors (Lipinski definition) is 1. The van der Waals surface area contributed by atoms with E-state index >= 15 is 0 Å². The Morgan fingerprint density at radius 2 is 1.93 bits per heavy atom. The minimum Gasteiger partial charge on any atom is -0.393 e. The van der Waals surface area contributed by atoms with E-state index in [0.717, 1.165) is 0 Å². The van der Waals surface area contributed by atoms with Crippen molar-refractivity contribution in [1.82, 2.24) is 0 Å². The Labute approximate surface area is 86.6 Å². The van der Waals surface area contributed by atoms with Crippen LogP contribution in [0.25, 0.3) is 0 Å². The largest absolute Gasteiger partial charge is 0.393 e. The standard InChI is InChI=1S/C12H22O2/c1-7(2)12(13)8(3)10-6-9-4-5-11(10)14-9/h7-13H,4-6H2,1-3H3. The topological polar surface area (TPSA) is 29.5 Å². The van der Waals surface area contributed by atoms with Gasteiger partial charge in [-0.2, -0.15) is 0 Å². The summed E-state index contributed by atoms with van der Waals surface area (Å²) in [5, 5.41) is 10.0. The Bertz CT molecular complexity index is 202. The lowest BCUT2D eigenvalue weighted by Crippen LogP contribution is -2.34. The van der Waals surface area contributed by atoms with Crippen LogP contribution in [0.3, 0.4) is 0 Å². The predicted octanol–water partition coefficient (Wildman–Crippen LogP) is 2.21. The van der Waals surface area contributed by atoms with Crippen LogP contribution in [-0.4, -0.2) is 23.4 Å². The minimum absolute atomic E-state index is 0.164. The van der Waals surface area contributed by atoms with Crippen molar-refractivity contribution >= 4 is 0 Å². The Morgan fingerprint density at radius 3 is 2.36 bits per heavy atom. The van der Waals surface area contributed by atoms with E-state index in [4.69, 9.17) is 4.74 Å². The highest BCUT2D eigenvalue weighted by atomic mass is 16.5. The summed E-state index contributed by atoms with van der Waals surface area (Å²) in [7, 11) is 0. The number of rotatable bonds is 3. The van der Waals surface area contributed by atoms with Gasteiger partial charge < -0.3 is 9.84 Å². The summed E-state index contributed by atoms with van der Waals surface area (Å²) in [5.74, 6) is 1.36. The number of hydrogen-bond acceptors (Lipinski definition) is 2. The molecule has 0 aliphatic carbocycles. The normalized spacial score (nSPS) is 40.5. The van der Waals surface area contributed by atoms with Crippen LogP contribution in [0.2, 0.25) is 0 Å². The molecule has 2 aliphatic heterocycles. The quantitative estimate of drug-likeness (QED) is 0.753. The molecule has 0 aromatic carbocycles. The van der Waals surface area contributed by atoms with Gasteiger partial charge in [-0.05, 0) is 37.0 Å². The van der Waals surface area contributed by atoms with E-state index in [2.05, 4.69) is 20.8 Å². The third kappa shape index (κ3) is 1.70.